The number of halogens is 1. The fraction of sp³-hybridized carbons (Fsp3) is 0.462. The van der Waals surface area contributed by atoms with Crippen LogP contribution >= 0.6 is 11.6 Å². The van der Waals surface area contributed by atoms with E-state index in [1.165, 1.54) is 0 Å². The smallest absolute Gasteiger partial charge is 0.111 e. The van der Waals surface area contributed by atoms with Crippen molar-refractivity contribution in [3.63, 3.8) is 0 Å². The van der Waals surface area contributed by atoms with E-state index >= 15 is 0 Å². The van der Waals surface area contributed by atoms with E-state index in [2.05, 4.69) is 14.9 Å². The number of imidazole rings is 1. The highest BCUT2D eigenvalue weighted by Crippen LogP contribution is 2.20. The van der Waals surface area contributed by atoms with Gasteiger partial charge >= 0.3 is 0 Å². The normalized spacial score (nSPS) is 20.4. The fourth-order valence-electron chi connectivity index (χ4n) is 2.38. The maximum Gasteiger partial charge on any atom is 0.111 e. The van der Waals surface area contributed by atoms with Crippen molar-refractivity contribution in [3.05, 3.63) is 29.0 Å². The van der Waals surface area contributed by atoms with Gasteiger partial charge in [-0.2, -0.15) is 0 Å². The van der Waals surface area contributed by atoms with Crippen LogP contribution in [0.5, 0.6) is 0 Å². The summed E-state index contributed by atoms with van der Waals surface area (Å²) in [6.45, 7) is 2.47. The zero-order chi connectivity index (χ0) is 12.5. The Labute approximate surface area is 111 Å². The number of fused-ring (bicyclic) bond motifs is 1. The van der Waals surface area contributed by atoms with E-state index in [0.29, 0.717) is 6.04 Å². The molecule has 0 bridgehead atoms. The first-order valence-electron chi connectivity index (χ1n) is 6.16. The Kier molecular flexibility index (Phi) is 3.24. The lowest BCUT2D eigenvalue weighted by molar-refractivity contribution is 0.0762. The van der Waals surface area contributed by atoms with Gasteiger partial charge in [-0.1, -0.05) is 11.6 Å². The minimum Gasteiger partial charge on any atom is -0.379 e. The van der Waals surface area contributed by atoms with Gasteiger partial charge in [0.2, 0.25) is 0 Å². The molecular formula is C13H16ClN3O. The van der Waals surface area contributed by atoms with E-state index in [-0.39, 0.29) is 0 Å². The molecule has 1 N–H and O–H groups in total. The van der Waals surface area contributed by atoms with E-state index in [1.54, 1.807) is 0 Å². The van der Waals surface area contributed by atoms with Crippen LogP contribution in [-0.2, 0) is 18.2 Å². The molecule has 1 atom stereocenters. The summed E-state index contributed by atoms with van der Waals surface area (Å²) in [6, 6.07) is 6.17. The molecule has 1 aromatic heterocycles. The van der Waals surface area contributed by atoms with Crippen molar-refractivity contribution in [2.24, 2.45) is 7.05 Å². The first-order chi connectivity index (χ1) is 8.74. The van der Waals surface area contributed by atoms with Crippen molar-refractivity contribution < 1.29 is 4.74 Å². The van der Waals surface area contributed by atoms with Crippen molar-refractivity contribution >= 4 is 22.6 Å². The Morgan fingerprint density at radius 3 is 3.22 bits per heavy atom. The maximum atomic E-state index is 5.99. The van der Waals surface area contributed by atoms with E-state index in [4.69, 9.17) is 16.3 Å². The molecule has 1 saturated heterocycles. The number of rotatable bonds is 2. The van der Waals surface area contributed by atoms with Gasteiger partial charge in [0, 0.05) is 31.1 Å². The van der Waals surface area contributed by atoms with Gasteiger partial charge in [0.1, 0.15) is 5.82 Å². The number of benzene rings is 1. The van der Waals surface area contributed by atoms with Crippen LogP contribution in [0.4, 0.5) is 0 Å². The summed E-state index contributed by atoms with van der Waals surface area (Å²) in [5.41, 5.74) is 2.07. The molecule has 3 rings (SSSR count). The van der Waals surface area contributed by atoms with Crippen LogP contribution in [0, 0.1) is 0 Å². The lowest BCUT2D eigenvalue weighted by Crippen LogP contribution is -2.42. The van der Waals surface area contributed by atoms with Crippen molar-refractivity contribution in [1.29, 1.82) is 0 Å². The molecule has 1 unspecified atom stereocenters. The fourth-order valence-corrected chi connectivity index (χ4v) is 2.54. The van der Waals surface area contributed by atoms with E-state index in [1.807, 2.05) is 25.2 Å². The largest absolute Gasteiger partial charge is 0.379 e. The van der Waals surface area contributed by atoms with Gasteiger partial charge in [-0.3, -0.25) is 0 Å². The predicted octanol–water partition coefficient (Wildman–Crippen LogP) is 1.76. The lowest BCUT2D eigenvalue weighted by Gasteiger charge is -2.23. The second-order valence-electron chi connectivity index (χ2n) is 4.65. The van der Waals surface area contributed by atoms with Crippen LogP contribution in [0.25, 0.3) is 11.0 Å². The molecule has 5 heteroatoms. The molecule has 4 nitrogen and oxygen atoms in total. The van der Waals surface area contributed by atoms with Crippen LogP contribution in [0.1, 0.15) is 5.82 Å². The van der Waals surface area contributed by atoms with Gasteiger partial charge in [0.25, 0.3) is 0 Å². The first kappa shape index (κ1) is 12.0. The highest BCUT2D eigenvalue weighted by Gasteiger charge is 2.17. The lowest BCUT2D eigenvalue weighted by atomic mass is 10.2. The molecule has 2 heterocycles. The Bertz CT molecular complexity index is 561. The third-order valence-corrected chi connectivity index (χ3v) is 3.60. The molecule has 0 radical (unpaired) electrons. The number of hydrogen-bond donors (Lipinski definition) is 1. The minimum absolute atomic E-state index is 0.352. The Balaban J connectivity index is 1.89. The molecule has 1 fully saturated rings. The molecule has 1 aliphatic heterocycles. The second kappa shape index (κ2) is 4.88. The molecule has 2 aromatic rings. The van der Waals surface area contributed by atoms with Crippen molar-refractivity contribution in [2.75, 3.05) is 19.8 Å². The van der Waals surface area contributed by atoms with Crippen molar-refractivity contribution in [1.82, 2.24) is 14.9 Å². The third kappa shape index (κ3) is 2.23. The standard InChI is InChI=1S/C13H16ClN3O/c1-17-12-3-2-9(14)6-11(12)16-13(17)7-10-8-18-5-4-15-10/h2-3,6,10,15H,4-5,7-8H2,1H3. The van der Waals surface area contributed by atoms with E-state index in [0.717, 1.165) is 48.1 Å². The summed E-state index contributed by atoms with van der Waals surface area (Å²) in [7, 11) is 2.04. The van der Waals surface area contributed by atoms with E-state index in [9.17, 15) is 0 Å². The zero-order valence-corrected chi connectivity index (χ0v) is 11.1. The van der Waals surface area contributed by atoms with Crippen LogP contribution in [0.2, 0.25) is 5.02 Å². The highest BCUT2D eigenvalue weighted by atomic mass is 35.5. The van der Waals surface area contributed by atoms with Crippen LogP contribution in [0.3, 0.4) is 0 Å². The molecule has 0 amide bonds. The predicted molar refractivity (Wildman–Crippen MR) is 72.0 cm³/mol. The summed E-state index contributed by atoms with van der Waals surface area (Å²) in [5.74, 6) is 1.07. The Hall–Kier alpha value is -1.10. The molecular weight excluding hydrogens is 250 g/mol. The molecule has 96 valence electrons. The monoisotopic (exact) mass is 265 g/mol. The number of aromatic nitrogens is 2. The average molecular weight is 266 g/mol. The van der Waals surface area contributed by atoms with Gasteiger partial charge in [-0.15, -0.1) is 0 Å². The average Bonchev–Trinajstić information content (AvgIpc) is 2.67. The number of ether oxygens (including phenoxy) is 1. The molecule has 1 aromatic carbocycles. The minimum atomic E-state index is 0.352. The van der Waals surface area contributed by atoms with Gasteiger partial charge in [0.05, 0.1) is 24.2 Å². The second-order valence-corrected chi connectivity index (χ2v) is 5.09. The zero-order valence-electron chi connectivity index (χ0n) is 10.3. The SMILES string of the molecule is Cn1c(CC2COCCN2)nc2cc(Cl)ccc21. The molecule has 1 aliphatic rings. The van der Waals surface area contributed by atoms with Gasteiger partial charge in [0.15, 0.2) is 0 Å². The molecule has 18 heavy (non-hydrogen) atoms. The topological polar surface area (TPSA) is 39.1 Å². The van der Waals surface area contributed by atoms with E-state index < -0.39 is 0 Å². The summed E-state index contributed by atoms with van der Waals surface area (Å²) in [5, 5.41) is 4.17. The molecule has 0 spiro atoms. The third-order valence-electron chi connectivity index (χ3n) is 3.36. The van der Waals surface area contributed by atoms with Crippen molar-refractivity contribution in [3.8, 4) is 0 Å². The molecule has 0 saturated carbocycles. The van der Waals surface area contributed by atoms with Crippen LogP contribution in [0.15, 0.2) is 18.2 Å². The van der Waals surface area contributed by atoms with Crippen LogP contribution in [-0.4, -0.2) is 35.4 Å². The summed E-state index contributed by atoms with van der Waals surface area (Å²) in [6.07, 6.45) is 0.878. The molecule has 0 aliphatic carbocycles. The summed E-state index contributed by atoms with van der Waals surface area (Å²) >= 11 is 5.99. The van der Waals surface area contributed by atoms with Gasteiger partial charge in [-0.25, -0.2) is 4.98 Å². The number of aryl methyl sites for hydroxylation is 1. The van der Waals surface area contributed by atoms with Crippen molar-refractivity contribution in [2.45, 2.75) is 12.5 Å². The number of morpholine rings is 1. The summed E-state index contributed by atoms with van der Waals surface area (Å²) < 4.78 is 7.59. The quantitative estimate of drug-likeness (QED) is 0.899. The number of nitrogens with zero attached hydrogens (tertiary/aromatic N) is 2. The van der Waals surface area contributed by atoms with Gasteiger partial charge < -0.3 is 14.6 Å². The maximum absolute atomic E-state index is 5.99. The Morgan fingerprint density at radius 2 is 2.44 bits per heavy atom. The highest BCUT2D eigenvalue weighted by molar-refractivity contribution is 6.31. The first-order valence-corrected chi connectivity index (χ1v) is 6.54. The summed E-state index contributed by atoms with van der Waals surface area (Å²) in [4.78, 5) is 4.65. The Morgan fingerprint density at radius 1 is 1.56 bits per heavy atom. The number of nitrogens with one attached hydrogen (secondary N) is 1. The van der Waals surface area contributed by atoms with Crippen LogP contribution < -0.4 is 5.32 Å². The number of hydrogen-bond acceptors (Lipinski definition) is 3. The van der Waals surface area contributed by atoms with Gasteiger partial charge in [-0.05, 0) is 18.2 Å².